The first kappa shape index (κ1) is 28.2. The number of aliphatic hydroxyl groups is 1. The van der Waals surface area contributed by atoms with Crippen molar-refractivity contribution >= 4 is 29.2 Å². The first-order valence-electron chi connectivity index (χ1n) is 12.6. The predicted octanol–water partition coefficient (Wildman–Crippen LogP) is 4.20. The Kier molecular flexibility index (Phi) is 7.95. The SMILES string of the molecule is CN(C)C(=O)c1ccc(N2CCC([C@H]3C[C@H]3CN(C)C(=O)C(O)(c3ccccc3)C(F)(F)F)CC2)nc1Cl. The van der Waals surface area contributed by atoms with Gasteiger partial charge in [0, 0.05) is 46.3 Å². The molecule has 11 heteroatoms. The van der Waals surface area contributed by atoms with Crippen molar-refractivity contribution in [1.82, 2.24) is 14.8 Å². The van der Waals surface area contributed by atoms with Crippen molar-refractivity contribution in [3.05, 3.63) is 58.7 Å². The molecule has 1 unspecified atom stereocenters. The molecule has 38 heavy (non-hydrogen) atoms. The molecule has 1 N–H and O–H groups in total. The second-order valence-corrected chi connectivity index (χ2v) is 10.8. The lowest BCUT2D eigenvalue weighted by Gasteiger charge is -2.34. The number of benzene rings is 1. The summed E-state index contributed by atoms with van der Waals surface area (Å²) in [7, 11) is 4.62. The number of hydrogen-bond donors (Lipinski definition) is 1. The van der Waals surface area contributed by atoms with Crippen LogP contribution >= 0.6 is 11.6 Å². The molecule has 1 saturated heterocycles. The minimum absolute atomic E-state index is 0.0951. The third-order valence-electron chi connectivity index (χ3n) is 7.68. The average molecular weight is 553 g/mol. The largest absolute Gasteiger partial charge is 0.430 e. The Morgan fingerprint density at radius 2 is 1.71 bits per heavy atom. The second-order valence-electron chi connectivity index (χ2n) is 10.5. The van der Waals surface area contributed by atoms with Crippen molar-refractivity contribution < 1.29 is 27.9 Å². The molecule has 2 heterocycles. The first-order chi connectivity index (χ1) is 17.8. The van der Waals surface area contributed by atoms with Gasteiger partial charge in [0.2, 0.25) is 0 Å². The van der Waals surface area contributed by atoms with E-state index < -0.39 is 23.2 Å². The van der Waals surface area contributed by atoms with Crippen LogP contribution in [0.1, 0.15) is 35.2 Å². The van der Waals surface area contributed by atoms with E-state index in [1.165, 1.54) is 30.1 Å². The van der Waals surface area contributed by atoms with Crippen LogP contribution in [0.4, 0.5) is 19.0 Å². The molecule has 0 radical (unpaired) electrons. The molecule has 1 aromatic heterocycles. The van der Waals surface area contributed by atoms with E-state index in [-0.39, 0.29) is 23.5 Å². The number of likely N-dealkylation sites (N-methyl/N-ethyl adjacent to an activating group) is 1. The molecule has 7 nitrogen and oxygen atoms in total. The minimum Gasteiger partial charge on any atom is -0.369 e. The Balaban J connectivity index is 1.33. The highest BCUT2D eigenvalue weighted by Gasteiger charge is 2.62. The van der Waals surface area contributed by atoms with Crippen LogP contribution in [0, 0.1) is 17.8 Å². The third kappa shape index (κ3) is 5.47. The number of alkyl halides is 3. The van der Waals surface area contributed by atoms with Gasteiger partial charge in [-0.1, -0.05) is 41.9 Å². The van der Waals surface area contributed by atoms with Gasteiger partial charge in [0.05, 0.1) is 5.56 Å². The van der Waals surface area contributed by atoms with Crippen LogP contribution < -0.4 is 4.90 Å². The van der Waals surface area contributed by atoms with Crippen molar-refractivity contribution in [3.8, 4) is 0 Å². The quantitative estimate of drug-likeness (QED) is 0.521. The van der Waals surface area contributed by atoms with Crippen molar-refractivity contribution in [3.63, 3.8) is 0 Å². The van der Waals surface area contributed by atoms with Gasteiger partial charge in [-0.15, -0.1) is 0 Å². The van der Waals surface area contributed by atoms with E-state index in [1.807, 2.05) is 0 Å². The summed E-state index contributed by atoms with van der Waals surface area (Å²) in [6, 6.07) is 9.96. The Labute approximate surface area is 225 Å². The number of anilines is 1. The van der Waals surface area contributed by atoms with Crippen molar-refractivity contribution in [2.24, 2.45) is 17.8 Å². The maximum Gasteiger partial charge on any atom is 0.430 e. The van der Waals surface area contributed by atoms with Gasteiger partial charge in [0.15, 0.2) is 0 Å². The molecule has 206 valence electrons. The fourth-order valence-corrected chi connectivity index (χ4v) is 5.65. The Morgan fingerprint density at radius 1 is 1.08 bits per heavy atom. The van der Waals surface area contributed by atoms with Gasteiger partial charge in [0.25, 0.3) is 17.4 Å². The molecule has 2 fully saturated rings. The number of piperidine rings is 1. The topological polar surface area (TPSA) is 77.0 Å². The van der Waals surface area contributed by atoms with Gasteiger partial charge in [-0.3, -0.25) is 9.59 Å². The average Bonchev–Trinajstić information content (AvgIpc) is 3.66. The molecule has 0 spiro atoms. The second kappa shape index (κ2) is 10.7. The van der Waals surface area contributed by atoms with Gasteiger partial charge in [-0.05, 0) is 49.1 Å². The van der Waals surface area contributed by atoms with E-state index in [2.05, 4.69) is 9.88 Å². The van der Waals surface area contributed by atoms with E-state index >= 15 is 0 Å². The van der Waals surface area contributed by atoms with Crippen LogP contribution in [0.2, 0.25) is 5.15 Å². The third-order valence-corrected chi connectivity index (χ3v) is 7.97. The summed E-state index contributed by atoms with van der Waals surface area (Å²) in [5, 5.41) is 10.7. The number of carbonyl (C=O) groups excluding carboxylic acids is 2. The van der Waals surface area contributed by atoms with Crippen LogP contribution in [0.5, 0.6) is 0 Å². The molecule has 1 saturated carbocycles. The number of pyridine rings is 1. The van der Waals surface area contributed by atoms with Crippen LogP contribution in [-0.4, -0.2) is 78.7 Å². The van der Waals surface area contributed by atoms with E-state index in [1.54, 1.807) is 26.2 Å². The fourth-order valence-electron chi connectivity index (χ4n) is 5.41. The van der Waals surface area contributed by atoms with Crippen molar-refractivity contribution in [2.45, 2.75) is 31.0 Å². The molecule has 2 aliphatic rings. The van der Waals surface area contributed by atoms with Gasteiger partial charge in [0.1, 0.15) is 11.0 Å². The van der Waals surface area contributed by atoms with Crippen molar-refractivity contribution in [2.75, 3.05) is 45.7 Å². The van der Waals surface area contributed by atoms with Gasteiger partial charge >= 0.3 is 6.18 Å². The van der Waals surface area contributed by atoms with E-state index in [0.717, 1.165) is 49.4 Å². The number of aromatic nitrogens is 1. The summed E-state index contributed by atoms with van der Waals surface area (Å²) in [6.45, 7) is 1.65. The van der Waals surface area contributed by atoms with Gasteiger partial charge < -0.3 is 19.8 Å². The number of rotatable bonds is 7. The maximum atomic E-state index is 13.9. The van der Waals surface area contributed by atoms with E-state index in [9.17, 15) is 27.9 Å². The lowest BCUT2D eigenvalue weighted by atomic mass is 9.90. The molecule has 4 rings (SSSR count). The zero-order valence-electron chi connectivity index (χ0n) is 21.6. The zero-order chi connectivity index (χ0) is 27.8. The summed E-state index contributed by atoms with van der Waals surface area (Å²) < 4.78 is 41.7. The molecule has 0 bridgehead atoms. The number of nitrogens with zero attached hydrogens (tertiary/aromatic N) is 4. The molecule has 3 atom stereocenters. The molecular formula is C27H32ClF3N4O3. The van der Waals surface area contributed by atoms with Crippen LogP contribution in [-0.2, 0) is 10.4 Å². The number of carbonyl (C=O) groups is 2. The van der Waals surface area contributed by atoms with E-state index in [4.69, 9.17) is 11.6 Å². The zero-order valence-corrected chi connectivity index (χ0v) is 22.3. The summed E-state index contributed by atoms with van der Waals surface area (Å²) >= 11 is 6.26. The monoisotopic (exact) mass is 552 g/mol. The summed E-state index contributed by atoms with van der Waals surface area (Å²) in [6.07, 6.45) is -2.55. The molecule has 1 aliphatic heterocycles. The highest BCUT2D eigenvalue weighted by atomic mass is 35.5. The standard InChI is InChI=1S/C27H32ClF3N4O3/c1-33(2)24(36)20-9-10-22(32-23(20)28)35-13-11-17(12-14-35)21-15-18(21)16-34(3)25(37)26(38,27(29,30)31)19-7-5-4-6-8-19/h4-10,17-18,21,38H,11-16H2,1-3H3/t18-,21+,26?/m0/s1. The van der Waals surface area contributed by atoms with Crippen LogP contribution in [0.3, 0.4) is 0 Å². The van der Waals surface area contributed by atoms with Crippen molar-refractivity contribution in [1.29, 1.82) is 0 Å². The number of amides is 2. The molecular weight excluding hydrogens is 521 g/mol. The lowest BCUT2D eigenvalue weighted by molar-refractivity contribution is -0.261. The summed E-state index contributed by atoms with van der Waals surface area (Å²) in [5.41, 5.74) is -3.73. The van der Waals surface area contributed by atoms with Gasteiger partial charge in [-0.25, -0.2) is 4.98 Å². The molecule has 2 aromatic rings. The fraction of sp³-hybridized carbons (Fsp3) is 0.519. The maximum absolute atomic E-state index is 13.9. The lowest BCUT2D eigenvalue weighted by Crippen LogP contribution is -2.55. The first-order valence-corrected chi connectivity index (χ1v) is 13.0. The number of halogens is 4. The summed E-state index contributed by atoms with van der Waals surface area (Å²) in [5.74, 6) is -0.0733. The predicted molar refractivity (Wildman–Crippen MR) is 138 cm³/mol. The Bertz CT molecular complexity index is 1170. The molecule has 2 amide bonds. The highest BCUT2D eigenvalue weighted by Crippen LogP contribution is 2.49. The number of hydrogen-bond acceptors (Lipinski definition) is 5. The van der Waals surface area contributed by atoms with Crippen LogP contribution in [0.15, 0.2) is 42.5 Å². The minimum atomic E-state index is -5.15. The van der Waals surface area contributed by atoms with Gasteiger partial charge in [-0.2, -0.15) is 13.2 Å². The smallest absolute Gasteiger partial charge is 0.369 e. The normalized spacial score (nSPS) is 21.5. The van der Waals surface area contributed by atoms with Crippen LogP contribution in [0.25, 0.3) is 0 Å². The summed E-state index contributed by atoms with van der Waals surface area (Å²) in [4.78, 5) is 34.1. The van der Waals surface area contributed by atoms with E-state index in [0.29, 0.717) is 23.2 Å². The highest BCUT2D eigenvalue weighted by molar-refractivity contribution is 6.32. The Hall–Kier alpha value is -2.85. The molecule has 1 aromatic carbocycles. The molecule has 1 aliphatic carbocycles. The Morgan fingerprint density at radius 3 is 2.26 bits per heavy atom.